The van der Waals surface area contributed by atoms with Gasteiger partial charge in [-0.3, -0.25) is 4.98 Å². The average Bonchev–Trinajstić information content (AvgIpc) is 2.67. The lowest BCUT2D eigenvalue weighted by atomic mass is 10.0. The summed E-state index contributed by atoms with van der Waals surface area (Å²) >= 11 is 0. The first-order valence-electron chi connectivity index (χ1n) is 5.26. The summed E-state index contributed by atoms with van der Waals surface area (Å²) in [6, 6.07) is 3.99. The number of hydrogen-bond donors (Lipinski definition) is 1. The van der Waals surface area contributed by atoms with Crippen molar-refractivity contribution >= 4 is 0 Å². The Labute approximate surface area is 95.1 Å². The summed E-state index contributed by atoms with van der Waals surface area (Å²) in [5.41, 5.74) is 7.94. The van der Waals surface area contributed by atoms with Gasteiger partial charge in [0.1, 0.15) is 0 Å². The highest BCUT2D eigenvalue weighted by atomic mass is 15.1. The van der Waals surface area contributed by atoms with E-state index in [1.54, 1.807) is 12.4 Å². The Kier molecular flexibility index (Phi) is 2.75. The van der Waals surface area contributed by atoms with Crippen molar-refractivity contribution in [2.75, 3.05) is 0 Å². The first kappa shape index (κ1) is 10.8. The third-order valence-corrected chi connectivity index (χ3v) is 2.47. The van der Waals surface area contributed by atoms with Crippen LogP contribution in [0.15, 0.2) is 37.1 Å². The van der Waals surface area contributed by atoms with Gasteiger partial charge in [0.05, 0.1) is 17.6 Å². The number of aromatic nitrogens is 3. The van der Waals surface area contributed by atoms with Crippen molar-refractivity contribution in [3.63, 3.8) is 0 Å². The van der Waals surface area contributed by atoms with Crippen LogP contribution in [0.2, 0.25) is 0 Å². The van der Waals surface area contributed by atoms with Crippen LogP contribution >= 0.6 is 0 Å². The van der Waals surface area contributed by atoms with Crippen molar-refractivity contribution in [1.29, 1.82) is 0 Å². The fourth-order valence-electron chi connectivity index (χ4n) is 1.67. The lowest BCUT2D eigenvalue weighted by Gasteiger charge is -2.20. The van der Waals surface area contributed by atoms with Gasteiger partial charge in [-0.2, -0.15) is 0 Å². The molecule has 0 aliphatic rings. The summed E-state index contributed by atoms with van der Waals surface area (Å²) in [6.07, 6.45) is 7.21. The molecular weight excluding hydrogens is 200 g/mol. The molecule has 0 atom stereocenters. The summed E-state index contributed by atoms with van der Waals surface area (Å²) in [6.45, 7) is 4.73. The van der Waals surface area contributed by atoms with E-state index in [0.29, 0.717) is 0 Å². The molecule has 0 aliphatic carbocycles. The molecule has 84 valence electrons. The first-order chi connectivity index (χ1) is 7.57. The van der Waals surface area contributed by atoms with E-state index in [0.717, 1.165) is 12.2 Å². The van der Waals surface area contributed by atoms with Crippen LogP contribution in [0, 0.1) is 0 Å². The van der Waals surface area contributed by atoms with Crippen molar-refractivity contribution in [2.45, 2.75) is 25.9 Å². The molecule has 0 radical (unpaired) electrons. The topological polar surface area (TPSA) is 56.7 Å². The zero-order valence-corrected chi connectivity index (χ0v) is 9.59. The molecule has 0 fully saturated rings. The number of rotatable bonds is 3. The molecule has 4 heteroatoms. The highest BCUT2D eigenvalue weighted by Crippen LogP contribution is 2.17. The normalized spacial score (nSPS) is 11.7. The number of nitrogens with two attached hydrogens (primary N) is 1. The minimum atomic E-state index is -0.371. The Balaban J connectivity index is 2.26. The minimum absolute atomic E-state index is 0.371. The average molecular weight is 216 g/mol. The lowest BCUT2D eigenvalue weighted by Crippen LogP contribution is -2.31. The molecule has 2 aromatic rings. The van der Waals surface area contributed by atoms with Crippen molar-refractivity contribution < 1.29 is 0 Å². The zero-order valence-electron chi connectivity index (χ0n) is 9.59. The van der Waals surface area contributed by atoms with E-state index in [2.05, 4.69) is 14.5 Å². The van der Waals surface area contributed by atoms with Gasteiger partial charge in [0.2, 0.25) is 0 Å². The van der Waals surface area contributed by atoms with Crippen LogP contribution in [0.1, 0.15) is 25.1 Å². The quantitative estimate of drug-likeness (QED) is 0.846. The highest BCUT2D eigenvalue weighted by Gasteiger charge is 2.18. The second-order valence-corrected chi connectivity index (χ2v) is 4.48. The summed E-state index contributed by atoms with van der Waals surface area (Å²) in [4.78, 5) is 8.15. The van der Waals surface area contributed by atoms with Crippen LogP contribution in [0.4, 0.5) is 0 Å². The Morgan fingerprint density at radius 1 is 1.25 bits per heavy atom. The van der Waals surface area contributed by atoms with Crippen molar-refractivity contribution in [1.82, 2.24) is 14.5 Å². The van der Waals surface area contributed by atoms with E-state index in [-0.39, 0.29) is 5.54 Å². The number of imidazole rings is 1. The van der Waals surface area contributed by atoms with Gasteiger partial charge < -0.3 is 10.3 Å². The molecular formula is C12H16N4. The summed E-state index contributed by atoms with van der Waals surface area (Å²) in [5, 5.41) is 0. The molecule has 0 amide bonds. The van der Waals surface area contributed by atoms with Crippen molar-refractivity contribution in [3.8, 4) is 0 Å². The first-order valence-corrected chi connectivity index (χ1v) is 5.26. The van der Waals surface area contributed by atoms with Gasteiger partial charge in [0.25, 0.3) is 0 Å². The maximum atomic E-state index is 6.08. The standard InChI is InChI=1S/C12H16N4/c1-12(2,13)11-7-15-9-16(11)8-10-3-5-14-6-4-10/h3-7,9H,8,13H2,1-2H3. The second kappa shape index (κ2) is 4.06. The Morgan fingerprint density at radius 2 is 1.94 bits per heavy atom. The van der Waals surface area contributed by atoms with Gasteiger partial charge >= 0.3 is 0 Å². The monoisotopic (exact) mass is 216 g/mol. The fourth-order valence-corrected chi connectivity index (χ4v) is 1.67. The van der Waals surface area contributed by atoms with Crippen molar-refractivity contribution in [2.24, 2.45) is 5.73 Å². The van der Waals surface area contributed by atoms with Crippen LogP contribution in [0.3, 0.4) is 0 Å². The van der Waals surface area contributed by atoms with E-state index in [4.69, 9.17) is 5.73 Å². The Bertz CT molecular complexity index is 453. The smallest absolute Gasteiger partial charge is 0.0951 e. The molecule has 0 saturated heterocycles. The minimum Gasteiger partial charge on any atom is -0.328 e. The van der Waals surface area contributed by atoms with Gasteiger partial charge in [0.15, 0.2) is 0 Å². The van der Waals surface area contributed by atoms with Crippen molar-refractivity contribution in [3.05, 3.63) is 48.3 Å². The van der Waals surface area contributed by atoms with Gasteiger partial charge in [-0.1, -0.05) is 0 Å². The van der Waals surface area contributed by atoms with Crippen LogP contribution in [-0.2, 0) is 12.1 Å². The number of hydrogen-bond acceptors (Lipinski definition) is 3. The van der Waals surface area contributed by atoms with Crippen LogP contribution < -0.4 is 5.73 Å². The van der Waals surface area contributed by atoms with E-state index in [1.807, 2.05) is 38.5 Å². The molecule has 0 aromatic carbocycles. The molecule has 0 spiro atoms. The third-order valence-electron chi connectivity index (χ3n) is 2.47. The Morgan fingerprint density at radius 3 is 2.56 bits per heavy atom. The van der Waals surface area contributed by atoms with Gasteiger partial charge in [-0.05, 0) is 31.5 Å². The second-order valence-electron chi connectivity index (χ2n) is 4.48. The van der Waals surface area contributed by atoms with Crippen LogP contribution in [0.5, 0.6) is 0 Å². The lowest BCUT2D eigenvalue weighted by molar-refractivity contribution is 0.503. The molecule has 4 nitrogen and oxygen atoms in total. The summed E-state index contributed by atoms with van der Waals surface area (Å²) in [5.74, 6) is 0. The Hall–Kier alpha value is -1.68. The maximum Gasteiger partial charge on any atom is 0.0951 e. The summed E-state index contributed by atoms with van der Waals surface area (Å²) in [7, 11) is 0. The molecule has 16 heavy (non-hydrogen) atoms. The maximum absolute atomic E-state index is 6.08. The van der Waals surface area contributed by atoms with Crippen LogP contribution in [-0.4, -0.2) is 14.5 Å². The van der Waals surface area contributed by atoms with Gasteiger partial charge in [-0.25, -0.2) is 4.98 Å². The molecule has 0 aliphatic heterocycles. The van der Waals surface area contributed by atoms with E-state index >= 15 is 0 Å². The van der Waals surface area contributed by atoms with E-state index in [9.17, 15) is 0 Å². The fraction of sp³-hybridized carbons (Fsp3) is 0.333. The largest absolute Gasteiger partial charge is 0.328 e. The van der Waals surface area contributed by atoms with Crippen LogP contribution in [0.25, 0.3) is 0 Å². The molecule has 2 N–H and O–H groups in total. The molecule has 0 bridgehead atoms. The number of nitrogens with zero attached hydrogens (tertiary/aromatic N) is 3. The van der Waals surface area contributed by atoms with Gasteiger partial charge in [-0.15, -0.1) is 0 Å². The third kappa shape index (κ3) is 2.28. The molecule has 2 heterocycles. The van der Waals surface area contributed by atoms with E-state index in [1.165, 1.54) is 5.56 Å². The predicted octanol–water partition coefficient (Wildman–Crippen LogP) is 1.52. The molecule has 0 unspecified atom stereocenters. The molecule has 0 saturated carbocycles. The SMILES string of the molecule is CC(C)(N)c1cncn1Cc1ccncc1. The predicted molar refractivity (Wildman–Crippen MR) is 62.8 cm³/mol. The molecule has 2 aromatic heterocycles. The highest BCUT2D eigenvalue weighted by molar-refractivity contribution is 5.15. The zero-order chi connectivity index (χ0) is 11.6. The number of pyridine rings is 1. The van der Waals surface area contributed by atoms with E-state index < -0.39 is 0 Å². The molecule has 2 rings (SSSR count). The summed E-state index contributed by atoms with van der Waals surface area (Å²) < 4.78 is 2.06. The van der Waals surface area contributed by atoms with Gasteiger partial charge in [0, 0.05) is 25.1 Å².